The third kappa shape index (κ3) is 12.2. The predicted molar refractivity (Wildman–Crippen MR) is 187 cm³/mol. The summed E-state index contributed by atoms with van der Waals surface area (Å²) in [5.74, 6) is -4.23. The fourth-order valence-electron chi connectivity index (χ4n) is 4.73. The summed E-state index contributed by atoms with van der Waals surface area (Å²) in [5, 5.41) is 8.84. The minimum atomic E-state index is -1.25. The molecule has 0 bridgehead atoms. The van der Waals surface area contributed by atoms with Crippen molar-refractivity contribution in [2.45, 2.75) is 45.3 Å². The molecule has 266 valence electrons. The van der Waals surface area contributed by atoms with Gasteiger partial charge < -0.3 is 0 Å². The van der Waals surface area contributed by atoms with Gasteiger partial charge in [-0.25, -0.2) is 0 Å². The second kappa shape index (κ2) is 21.4. The van der Waals surface area contributed by atoms with Crippen LogP contribution in [-0.2, 0) is 19.0 Å². The van der Waals surface area contributed by atoms with Gasteiger partial charge >= 0.3 is 316 Å². The van der Waals surface area contributed by atoms with E-state index in [0.717, 1.165) is 0 Å². The number of alkyl halides is 1. The van der Waals surface area contributed by atoms with Crippen LogP contribution in [0.1, 0.15) is 59.4 Å². The van der Waals surface area contributed by atoms with Gasteiger partial charge in [-0.3, -0.25) is 0 Å². The molecule has 10 nitrogen and oxygen atoms in total. The Bertz CT molecular complexity index is 1720. The van der Waals surface area contributed by atoms with E-state index in [4.69, 9.17) is 19.6 Å². The Hall–Kier alpha value is -3.77. The van der Waals surface area contributed by atoms with Gasteiger partial charge in [0.25, 0.3) is 0 Å². The van der Waals surface area contributed by atoms with Crippen molar-refractivity contribution in [3.63, 3.8) is 0 Å². The number of aromatic nitrogens is 3. The first-order valence-electron chi connectivity index (χ1n) is 15.6. The maximum atomic E-state index is 14.7. The summed E-state index contributed by atoms with van der Waals surface area (Å²) in [5.41, 5.74) is 0.238. The van der Waals surface area contributed by atoms with E-state index in [1.807, 2.05) is 35.6 Å². The summed E-state index contributed by atoms with van der Waals surface area (Å²) in [4.78, 5) is 50.6. The number of ether oxygens (including phenoxy) is 3. The topological polar surface area (TPSA) is 141 Å². The molecular formula is C36H37F2I2N4O6-. The molecule has 1 N–H and O–H groups in total. The molecule has 0 saturated carbocycles. The Morgan fingerprint density at radius 1 is 0.940 bits per heavy atom. The molecule has 0 aliphatic rings. The second-order valence-corrected chi connectivity index (χ2v) is 14.1. The van der Waals surface area contributed by atoms with E-state index >= 15 is 0 Å². The summed E-state index contributed by atoms with van der Waals surface area (Å²) in [6.07, 6.45) is 9.67. The van der Waals surface area contributed by atoms with Crippen LogP contribution in [0.5, 0.6) is 0 Å². The van der Waals surface area contributed by atoms with Crippen molar-refractivity contribution < 1.29 is 58.6 Å². The number of carbonyl (C=O) groups excluding carboxylic acids is 3. The predicted octanol–water partition coefficient (Wildman–Crippen LogP) is 3.70. The molecule has 3 heterocycles. The molecule has 14 heteroatoms. The van der Waals surface area contributed by atoms with Crippen LogP contribution in [-0.4, -0.2) is 66.2 Å². The third-order valence-corrected chi connectivity index (χ3v) is 10.6. The fourth-order valence-corrected chi connectivity index (χ4v) is 7.88. The van der Waals surface area contributed by atoms with Crippen LogP contribution in [0.2, 0.25) is 0 Å². The van der Waals surface area contributed by atoms with Crippen LogP contribution >= 0.6 is 22.6 Å². The van der Waals surface area contributed by atoms with E-state index in [9.17, 15) is 23.2 Å². The van der Waals surface area contributed by atoms with Crippen molar-refractivity contribution in [1.29, 1.82) is 5.41 Å². The normalized spacial score (nSPS) is 13.4. The zero-order chi connectivity index (χ0) is 36.5. The summed E-state index contributed by atoms with van der Waals surface area (Å²) >= 11 is 0.681. The molecule has 0 saturated heterocycles. The SMILES string of the molecule is C=C/C=C\C(=C/CC)C(=O)[I-]C[C@@H](OCCOC(=O)c1cccnc1I)[C@@H](CC(=N)c1cccnc1F)[C@@H](CC)OC(=O)c1cccnc1F. The van der Waals surface area contributed by atoms with Crippen molar-refractivity contribution >= 4 is 44.0 Å². The van der Waals surface area contributed by atoms with Crippen LogP contribution < -0.4 is 21.2 Å². The Labute approximate surface area is 313 Å². The number of nitrogens with zero attached hydrogens (tertiary/aromatic N) is 3. The van der Waals surface area contributed by atoms with Gasteiger partial charge in [0.1, 0.15) is 0 Å². The Morgan fingerprint density at radius 3 is 2.18 bits per heavy atom. The molecule has 0 aromatic carbocycles. The number of nitrogens with one attached hydrogen (secondary N) is 1. The number of esters is 2. The van der Waals surface area contributed by atoms with Gasteiger partial charge in [0, 0.05) is 0 Å². The molecule has 0 spiro atoms. The van der Waals surface area contributed by atoms with E-state index < -0.39 is 63.2 Å². The summed E-state index contributed by atoms with van der Waals surface area (Å²) in [6.45, 7) is 7.07. The van der Waals surface area contributed by atoms with Crippen LogP contribution in [0.25, 0.3) is 0 Å². The number of carbonyl (C=O) groups is 3. The first-order valence-corrected chi connectivity index (χ1v) is 19.3. The van der Waals surface area contributed by atoms with Crippen LogP contribution in [0.15, 0.2) is 91.4 Å². The molecule has 3 rings (SSSR count). The molecule has 0 unspecified atom stereocenters. The first-order chi connectivity index (χ1) is 24.1. The van der Waals surface area contributed by atoms with Gasteiger partial charge in [0.15, 0.2) is 0 Å². The first kappa shape index (κ1) is 40.7. The molecule has 0 radical (unpaired) electrons. The van der Waals surface area contributed by atoms with E-state index in [2.05, 4.69) is 21.5 Å². The number of halogens is 4. The molecular weight excluding hydrogens is 876 g/mol. The van der Waals surface area contributed by atoms with Gasteiger partial charge in [-0.1, -0.05) is 0 Å². The summed E-state index contributed by atoms with van der Waals surface area (Å²) < 4.78 is 47.4. The molecule has 3 atom stereocenters. The van der Waals surface area contributed by atoms with Gasteiger partial charge in [-0.15, -0.1) is 0 Å². The third-order valence-electron chi connectivity index (χ3n) is 7.16. The number of hydrogen-bond acceptors (Lipinski definition) is 10. The molecule has 0 aliphatic carbocycles. The van der Waals surface area contributed by atoms with E-state index in [1.54, 1.807) is 43.5 Å². The average Bonchev–Trinajstić information content (AvgIpc) is 3.11. The molecule has 0 aliphatic heterocycles. The van der Waals surface area contributed by atoms with Crippen molar-refractivity contribution in [3.05, 3.63) is 124 Å². The van der Waals surface area contributed by atoms with Crippen LogP contribution in [0.4, 0.5) is 8.78 Å². The molecule has 3 aromatic heterocycles. The van der Waals surface area contributed by atoms with Crippen molar-refractivity contribution in [1.82, 2.24) is 15.0 Å². The quantitative estimate of drug-likeness (QED) is 0.0207. The Balaban J connectivity index is 1.95. The second-order valence-electron chi connectivity index (χ2n) is 10.5. The van der Waals surface area contributed by atoms with Gasteiger partial charge in [0.2, 0.25) is 0 Å². The monoisotopic (exact) mass is 913 g/mol. The molecule has 0 amide bonds. The molecule has 50 heavy (non-hydrogen) atoms. The summed E-state index contributed by atoms with van der Waals surface area (Å²) in [6, 6.07) is 8.76. The maximum absolute atomic E-state index is 14.7. The zero-order valence-electron chi connectivity index (χ0n) is 27.5. The molecule has 0 fully saturated rings. The average molecular weight is 914 g/mol. The number of pyridine rings is 3. The van der Waals surface area contributed by atoms with Crippen molar-refractivity contribution in [3.8, 4) is 0 Å². The standard InChI is InChI=1S/C36H37F2I2N4O6/c1-4-7-12-23(11-5-2)34(45)40-22-30(48-19-20-49-35(46)26-15-10-18-44-33(26)39)27(21-28(41)24-13-8-16-42-31(24)37)29(6-3)50-36(47)25-14-9-17-43-32(25)38/h4,7-18,27,29-30,41H,1,5-6,19-22H2,2-3H3/q-1/b12-7-,23-11+,41-28?/t27-,29+,30+/m0/s1. The van der Waals surface area contributed by atoms with E-state index in [0.29, 0.717) is 15.7 Å². The Kier molecular flexibility index (Phi) is 17.4. The van der Waals surface area contributed by atoms with Crippen LogP contribution in [0.3, 0.4) is 0 Å². The number of allylic oxidation sites excluding steroid dienone is 5. The van der Waals surface area contributed by atoms with Crippen molar-refractivity contribution in [2.24, 2.45) is 5.92 Å². The molecule has 3 aromatic rings. The summed E-state index contributed by atoms with van der Waals surface area (Å²) in [7, 11) is 0. The van der Waals surface area contributed by atoms with Gasteiger partial charge in [-0.2, -0.15) is 0 Å². The van der Waals surface area contributed by atoms with Crippen LogP contribution in [0, 0.1) is 26.9 Å². The zero-order valence-corrected chi connectivity index (χ0v) is 31.8. The van der Waals surface area contributed by atoms with E-state index in [-0.39, 0.29) is 56.7 Å². The Morgan fingerprint density at radius 2 is 1.58 bits per heavy atom. The number of hydrogen-bond donors (Lipinski definition) is 1. The van der Waals surface area contributed by atoms with Crippen molar-refractivity contribution in [2.75, 3.05) is 17.6 Å². The van der Waals surface area contributed by atoms with Gasteiger partial charge in [0.05, 0.1) is 0 Å². The fraction of sp³-hybridized carbons (Fsp3) is 0.306. The van der Waals surface area contributed by atoms with E-state index in [1.165, 1.54) is 36.7 Å². The van der Waals surface area contributed by atoms with Gasteiger partial charge in [-0.05, 0) is 0 Å². The minimum absolute atomic E-state index is 0.0516. The number of rotatable bonds is 20.